The minimum Gasteiger partial charge on any atom is -0.368 e. The first-order chi connectivity index (χ1) is 15.4. The zero-order valence-electron chi connectivity index (χ0n) is 19.1. The van der Waals surface area contributed by atoms with Crippen LogP contribution in [0.4, 0.5) is 5.69 Å². The number of nitrogens with zero attached hydrogens (tertiary/aromatic N) is 4. The Morgan fingerprint density at radius 1 is 1.00 bits per heavy atom. The lowest BCUT2D eigenvalue weighted by Gasteiger charge is -2.37. The van der Waals surface area contributed by atoms with E-state index < -0.39 is 0 Å². The van der Waals surface area contributed by atoms with E-state index in [-0.39, 0.29) is 11.5 Å². The van der Waals surface area contributed by atoms with Gasteiger partial charge in [0.2, 0.25) is 0 Å². The van der Waals surface area contributed by atoms with Gasteiger partial charge in [0.25, 0.3) is 11.5 Å². The summed E-state index contributed by atoms with van der Waals surface area (Å²) in [4.78, 5) is 37.2. The van der Waals surface area contributed by atoms with E-state index in [0.29, 0.717) is 23.4 Å². The Balaban J connectivity index is 1.40. The molecule has 4 heterocycles. The second kappa shape index (κ2) is 8.35. The number of hydrogen-bond acceptors (Lipinski definition) is 5. The molecule has 0 spiro atoms. The summed E-state index contributed by atoms with van der Waals surface area (Å²) >= 11 is 1.39. The first-order valence-electron chi connectivity index (χ1n) is 11.6. The number of fused-ring (bicyclic) bond motifs is 2. The van der Waals surface area contributed by atoms with Crippen LogP contribution in [0.2, 0.25) is 0 Å². The largest absolute Gasteiger partial charge is 0.368 e. The summed E-state index contributed by atoms with van der Waals surface area (Å²) < 4.78 is 1.84. The predicted molar refractivity (Wildman–Crippen MR) is 130 cm³/mol. The highest BCUT2D eigenvalue weighted by molar-refractivity contribution is 7.20. The molecule has 0 N–H and O–H groups in total. The quantitative estimate of drug-likeness (QED) is 0.591. The van der Waals surface area contributed by atoms with Gasteiger partial charge in [-0.3, -0.25) is 14.2 Å². The molecule has 7 heteroatoms. The fourth-order valence-electron chi connectivity index (χ4n) is 4.97. The predicted octanol–water partition coefficient (Wildman–Crippen LogP) is 4.07. The van der Waals surface area contributed by atoms with E-state index in [1.165, 1.54) is 28.2 Å². The number of carbonyl (C=O) groups is 1. The fraction of sp³-hybridized carbons (Fsp3) is 0.480. The van der Waals surface area contributed by atoms with Crippen LogP contribution in [0.25, 0.3) is 10.2 Å². The molecule has 0 unspecified atom stereocenters. The third-order valence-electron chi connectivity index (χ3n) is 6.88. The molecular weight excluding hydrogens is 420 g/mol. The molecule has 0 radical (unpaired) electrons. The minimum absolute atomic E-state index is 0.0273. The molecule has 3 aromatic rings. The molecule has 2 aromatic heterocycles. The fourth-order valence-corrected chi connectivity index (χ4v) is 6.13. The Bertz CT molecular complexity index is 1250. The Morgan fingerprint density at radius 3 is 2.56 bits per heavy atom. The van der Waals surface area contributed by atoms with Gasteiger partial charge in [0.1, 0.15) is 10.7 Å². The first-order valence-corrected chi connectivity index (χ1v) is 12.4. The van der Waals surface area contributed by atoms with Crippen LogP contribution in [0.3, 0.4) is 0 Å². The van der Waals surface area contributed by atoms with Crippen molar-refractivity contribution in [2.45, 2.75) is 53.0 Å². The van der Waals surface area contributed by atoms with Crippen molar-refractivity contribution in [2.75, 3.05) is 31.1 Å². The van der Waals surface area contributed by atoms with Crippen molar-refractivity contribution in [1.29, 1.82) is 0 Å². The second-order valence-electron chi connectivity index (χ2n) is 9.10. The van der Waals surface area contributed by atoms with Crippen LogP contribution in [-0.2, 0) is 13.0 Å². The zero-order chi connectivity index (χ0) is 22.4. The minimum atomic E-state index is 0.0273. The number of benzene rings is 1. The normalized spacial score (nSPS) is 16.8. The lowest BCUT2D eigenvalue weighted by molar-refractivity contribution is 0.0751. The maximum Gasteiger partial charge on any atom is 0.264 e. The van der Waals surface area contributed by atoms with Gasteiger partial charge in [0, 0.05) is 44.8 Å². The molecule has 32 heavy (non-hydrogen) atoms. The van der Waals surface area contributed by atoms with Crippen LogP contribution in [-0.4, -0.2) is 46.5 Å². The number of carbonyl (C=O) groups excluding carboxylic acids is 1. The molecule has 2 aliphatic heterocycles. The lowest BCUT2D eigenvalue weighted by Crippen LogP contribution is -2.49. The zero-order valence-corrected chi connectivity index (χ0v) is 19.9. The van der Waals surface area contributed by atoms with Gasteiger partial charge >= 0.3 is 0 Å². The topological polar surface area (TPSA) is 58.4 Å². The highest BCUT2D eigenvalue weighted by atomic mass is 32.1. The number of hydrogen-bond donors (Lipinski definition) is 0. The van der Waals surface area contributed by atoms with Crippen LogP contribution in [0.5, 0.6) is 0 Å². The van der Waals surface area contributed by atoms with Gasteiger partial charge in [-0.05, 0) is 56.4 Å². The van der Waals surface area contributed by atoms with E-state index in [4.69, 9.17) is 4.98 Å². The molecule has 1 saturated heterocycles. The molecule has 168 valence electrons. The highest BCUT2D eigenvalue weighted by Gasteiger charge is 2.28. The molecule has 0 bridgehead atoms. The van der Waals surface area contributed by atoms with E-state index in [9.17, 15) is 9.59 Å². The van der Waals surface area contributed by atoms with Gasteiger partial charge in [-0.25, -0.2) is 4.98 Å². The highest BCUT2D eigenvalue weighted by Crippen LogP contribution is 2.30. The van der Waals surface area contributed by atoms with Crippen molar-refractivity contribution in [2.24, 2.45) is 0 Å². The SMILES string of the molecule is Cc1ccc(C)c(N2CCN(C(=O)c3sc4nc5n(c(=O)c4c3C)CCCCC5)CC2)c1. The lowest BCUT2D eigenvalue weighted by atomic mass is 10.1. The number of anilines is 1. The Hall–Kier alpha value is -2.67. The number of aryl methyl sites for hydroxylation is 4. The van der Waals surface area contributed by atoms with Gasteiger partial charge in [0.05, 0.1) is 10.3 Å². The van der Waals surface area contributed by atoms with E-state index in [0.717, 1.165) is 61.5 Å². The summed E-state index contributed by atoms with van der Waals surface area (Å²) in [6, 6.07) is 6.53. The Kier molecular flexibility index (Phi) is 5.53. The van der Waals surface area contributed by atoms with E-state index in [1.54, 1.807) is 0 Å². The molecule has 1 aromatic carbocycles. The summed E-state index contributed by atoms with van der Waals surface area (Å²) in [6.45, 7) is 9.89. The van der Waals surface area contributed by atoms with E-state index >= 15 is 0 Å². The van der Waals surface area contributed by atoms with Gasteiger partial charge < -0.3 is 9.80 Å². The average molecular weight is 451 g/mol. The molecule has 0 atom stereocenters. The molecule has 6 nitrogen and oxygen atoms in total. The van der Waals surface area contributed by atoms with Crippen LogP contribution >= 0.6 is 11.3 Å². The summed E-state index contributed by atoms with van der Waals surface area (Å²) in [5.41, 5.74) is 4.60. The Morgan fingerprint density at radius 2 is 1.78 bits per heavy atom. The smallest absolute Gasteiger partial charge is 0.264 e. The Labute approximate surface area is 192 Å². The summed E-state index contributed by atoms with van der Waals surface area (Å²) in [5.74, 6) is 0.910. The summed E-state index contributed by atoms with van der Waals surface area (Å²) in [7, 11) is 0. The van der Waals surface area contributed by atoms with Gasteiger partial charge in [-0.15, -0.1) is 11.3 Å². The van der Waals surface area contributed by atoms with E-state index in [2.05, 4.69) is 36.9 Å². The summed E-state index contributed by atoms with van der Waals surface area (Å²) in [5, 5.41) is 0.637. The van der Waals surface area contributed by atoms with Crippen molar-refractivity contribution in [3.63, 3.8) is 0 Å². The molecule has 1 amide bonds. The molecule has 0 saturated carbocycles. The van der Waals surface area contributed by atoms with Crippen LogP contribution < -0.4 is 10.5 Å². The number of thiophene rings is 1. The average Bonchev–Trinajstić information content (AvgIpc) is 2.96. The maximum atomic E-state index is 13.4. The number of aromatic nitrogens is 2. The van der Waals surface area contributed by atoms with Gasteiger partial charge in [-0.2, -0.15) is 0 Å². The third kappa shape index (κ3) is 3.62. The van der Waals surface area contributed by atoms with Gasteiger partial charge in [-0.1, -0.05) is 18.6 Å². The van der Waals surface area contributed by atoms with Crippen molar-refractivity contribution in [3.8, 4) is 0 Å². The number of amides is 1. The van der Waals surface area contributed by atoms with Crippen LogP contribution in [0, 0.1) is 20.8 Å². The molecular formula is C25H30N4O2S. The van der Waals surface area contributed by atoms with E-state index in [1.807, 2.05) is 16.4 Å². The third-order valence-corrected chi connectivity index (χ3v) is 8.05. The van der Waals surface area contributed by atoms with Crippen molar-refractivity contribution < 1.29 is 4.79 Å². The first kappa shape index (κ1) is 21.2. The molecule has 1 fully saturated rings. The van der Waals surface area contributed by atoms with Crippen LogP contribution in [0.15, 0.2) is 23.0 Å². The molecule has 0 aliphatic carbocycles. The standard InChI is InChI=1S/C25H30N4O2S/c1-16-8-9-17(2)19(15-16)27-11-13-28(14-12-27)25(31)22-18(3)21-23(32-22)26-20-7-5-4-6-10-29(20)24(21)30/h8-9,15H,4-7,10-14H2,1-3H3. The second-order valence-corrected chi connectivity index (χ2v) is 10.1. The summed E-state index contributed by atoms with van der Waals surface area (Å²) in [6.07, 6.45) is 4.05. The number of piperazine rings is 1. The molecule has 2 aliphatic rings. The van der Waals surface area contributed by atoms with Crippen molar-refractivity contribution in [1.82, 2.24) is 14.5 Å². The van der Waals surface area contributed by atoms with Crippen molar-refractivity contribution in [3.05, 3.63) is 55.9 Å². The molecule has 5 rings (SSSR count). The van der Waals surface area contributed by atoms with Crippen LogP contribution in [0.1, 0.15) is 51.4 Å². The monoisotopic (exact) mass is 450 g/mol. The van der Waals surface area contributed by atoms with Gasteiger partial charge in [0.15, 0.2) is 0 Å². The maximum absolute atomic E-state index is 13.4. The van der Waals surface area contributed by atoms with Crippen molar-refractivity contribution >= 4 is 33.1 Å². The number of rotatable bonds is 2.